The van der Waals surface area contributed by atoms with Crippen LogP contribution in [0.3, 0.4) is 0 Å². The van der Waals surface area contributed by atoms with Gasteiger partial charge >= 0.3 is 6.61 Å². The van der Waals surface area contributed by atoms with E-state index in [1.54, 1.807) is 31.2 Å². The molecule has 0 heterocycles. The Labute approximate surface area is 161 Å². The van der Waals surface area contributed by atoms with E-state index in [1.807, 2.05) is 42.5 Å². The minimum Gasteiger partial charge on any atom is -0.481 e. The minimum atomic E-state index is -2.98. The van der Waals surface area contributed by atoms with Crippen LogP contribution in [0.2, 0.25) is 0 Å². The zero-order valence-electron chi connectivity index (χ0n) is 15.1. The molecule has 0 saturated carbocycles. The van der Waals surface area contributed by atoms with Crippen molar-refractivity contribution in [3.05, 3.63) is 78.9 Å². The first-order valence-corrected chi connectivity index (χ1v) is 8.70. The maximum Gasteiger partial charge on any atom is 0.387 e. The van der Waals surface area contributed by atoms with E-state index in [2.05, 4.69) is 10.1 Å². The Morgan fingerprint density at radius 1 is 0.821 bits per heavy atom. The van der Waals surface area contributed by atoms with Crippen molar-refractivity contribution < 1.29 is 23.0 Å². The summed E-state index contributed by atoms with van der Waals surface area (Å²) in [6.45, 7) is -1.40. The minimum absolute atomic E-state index is 0.106. The highest BCUT2D eigenvalue weighted by Gasteiger charge is 2.18. The molecule has 3 aromatic carbocycles. The van der Waals surface area contributed by atoms with Crippen molar-refractivity contribution in [2.24, 2.45) is 0 Å². The molecule has 0 radical (unpaired) electrons. The smallest absolute Gasteiger partial charge is 0.387 e. The van der Waals surface area contributed by atoms with Crippen molar-refractivity contribution in [3.8, 4) is 22.6 Å². The molecule has 3 rings (SSSR count). The summed E-state index contributed by atoms with van der Waals surface area (Å²) in [7, 11) is 0. The van der Waals surface area contributed by atoms with Crippen LogP contribution in [0, 0.1) is 0 Å². The zero-order chi connectivity index (χ0) is 19.9. The van der Waals surface area contributed by atoms with Gasteiger partial charge in [-0.05, 0) is 42.3 Å². The maximum absolute atomic E-state index is 12.5. The number of amides is 1. The molecule has 0 aliphatic carbocycles. The lowest BCUT2D eigenvalue weighted by Gasteiger charge is -2.17. The van der Waals surface area contributed by atoms with E-state index in [0.29, 0.717) is 5.75 Å². The Balaban J connectivity index is 1.63. The van der Waals surface area contributed by atoms with E-state index >= 15 is 0 Å². The van der Waals surface area contributed by atoms with Crippen LogP contribution in [0.5, 0.6) is 11.5 Å². The Kier molecular flexibility index (Phi) is 6.22. The summed E-state index contributed by atoms with van der Waals surface area (Å²) in [5, 5.41) is 2.55. The highest BCUT2D eigenvalue weighted by atomic mass is 19.3. The number of carbonyl (C=O) groups is 1. The molecule has 0 fully saturated rings. The average Bonchev–Trinajstić information content (AvgIpc) is 2.70. The number of hydrogen-bond donors (Lipinski definition) is 1. The van der Waals surface area contributed by atoms with E-state index < -0.39 is 18.6 Å². The van der Waals surface area contributed by atoms with E-state index in [9.17, 15) is 13.6 Å². The van der Waals surface area contributed by atoms with Crippen molar-refractivity contribution in [1.82, 2.24) is 0 Å². The van der Waals surface area contributed by atoms with E-state index in [0.717, 1.165) is 11.1 Å². The van der Waals surface area contributed by atoms with Crippen LogP contribution >= 0.6 is 0 Å². The van der Waals surface area contributed by atoms with Gasteiger partial charge in [-0.15, -0.1) is 0 Å². The molecular formula is C22H19F2NO3. The zero-order valence-corrected chi connectivity index (χ0v) is 15.1. The van der Waals surface area contributed by atoms with Gasteiger partial charge in [-0.1, -0.05) is 54.6 Å². The number of carbonyl (C=O) groups excluding carboxylic acids is 1. The maximum atomic E-state index is 12.5. The van der Waals surface area contributed by atoms with Crippen molar-refractivity contribution in [2.45, 2.75) is 19.6 Å². The molecule has 6 heteroatoms. The van der Waals surface area contributed by atoms with Gasteiger partial charge in [0, 0.05) is 0 Å². The second-order valence-electron chi connectivity index (χ2n) is 6.01. The molecule has 1 unspecified atom stereocenters. The van der Waals surface area contributed by atoms with Crippen LogP contribution < -0.4 is 14.8 Å². The van der Waals surface area contributed by atoms with E-state index in [-0.39, 0.29) is 11.4 Å². The van der Waals surface area contributed by atoms with Crippen LogP contribution in [0.25, 0.3) is 11.1 Å². The molecule has 1 atom stereocenters. The fraction of sp³-hybridized carbons (Fsp3) is 0.136. The van der Waals surface area contributed by atoms with E-state index in [1.165, 1.54) is 12.1 Å². The van der Waals surface area contributed by atoms with Crippen molar-refractivity contribution >= 4 is 11.6 Å². The molecule has 0 bridgehead atoms. The number of ether oxygens (including phenoxy) is 2. The molecule has 4 nitrogen and oxygen atoms in total. The molecule has 0 aliphatic rings. The third-order valence-electron chi connectivity index (χ3n) is 4.00. The molecule has 0 spiro atoms. The lowest BCUT2D eigenvalue weighted by molar-refractivity contribution is -0.122. The van der Waals surface area contributed by atoms with Gasteiger partial charge in [0.2, 0.25) is 0 Å². The van der Waals surface area contributed by atoms with Crippen molar-refractivity contribution in [1.29, 1.82) is 0 Å². The van der Waals surface area contributed by atoms with E-state index in [4.69, 9.17) is 4.74 Å². The molecular weight excluding hydrogens is 364 g/mol. The second kappa shape index (κ2) is 8.99. The number of alkyl halides is 2. The van der Waals surface area contributed by atoms with Gasteiger partial charge in [-0.25, -0.2) is 0 Å². The highest BCUT2D eigenvalue weighted by molar-refractivity contribution is 5.95. The number of nitrogens with one attached hydrogen (secondary N) is 1. The molecule has 3 aromatic rings. The summed E-state index contributed by atoms with van der Waals surface area (Å²) >= 11 is 0. The van der Waals surface area contributed by atoms with Crippen LogP contribution in [0.4, 0.5) is 14.5 Å². The Hall–Kier alpha value is -3.41. The lowest BCUT2D eigenvalue weighted by atomic mass is 10.1. The molecule has 144 valence electrons. The first kappa shape index (κ1) is 19.4. The normalized spacial score (nSPS) is 11.7. The van der Waals surface area contributed by atoms with Gasteiger partial charge < -0.3 is 14.8 Å². The van der Waals surface area contributed by atoms with Crippen molar-refractivity contribution in [2.75, 3.05) is 5.32 Å². The number of benzene rings is 3. The quantitative estimate of drug-likeness (QED) is 0.597. The van der Waals surface area contributed by atoms with Gasteiger partial charge in [0.15, 0.2) is 6.10 Å². The summed E-state index contributed by atoms with van der Waals surface area (Å²) in [6, 6.07) is 23.2. The first-order chi connectivity index (χ1) is 13.5. The summed E-state index contributed by atoms with van der Waals surface area (Å²) in [5.74, 6) is -0.0536. The Morgan fingerprint density at radius 2 is 1.43 bits per heavy atom. The van der Waals surface area contributed by atoms with Gasteiger partial charge in [-0.3, -0.25) is 4.79 Å². The van der Waals surface area contributed by atoms with Gasteiger partial charge in [0.1, 0.15) is 11.5 Å². The largest absolute Gasteiger partial charge is 0.481 e. The topological polar surface area (TPSA) is 47.6 Å². The van der Waals surface area contributed by atoms with Crippen molar-refractivity contribution in [3.63, 3.8) is 0 Å². The molecule has 0 saturated heterocycles. The molecule has 1 amide bonds. The van der Waals surface area contributed by atoms with Crippen LogP contribution in [-0.2, 0) is 4.79 Å². The van der Waals surface area contributed by atoms with Crippen LogP contribution in [-0.4, -0.2) is 18.6 Å². The van der Waals surface area contributed by atoms with Gasteiger partial charge in [-0.2, -0.15) is 8.78 Å². The number of halogens is 2. The molecule has 28 heavy (non-hydrogen) atoms. The third kappa shape index (κ3) is 5.07. The monoisotopic (exact) mass is 383 g/mol. The summed E-state index contributed by atoms with van der Waals surface area (Å²) in [5.41, 5.74) is 2.27. The molecule has 1 N–H and O–H groups in total. The Morgan fingerprint density at radius 3 is 2.11 bits per heavy atom. The summed E-state index contributed by atoms with van der Waals surface area (Å²) < 4.78 is 35.0. The van der Waals surface area contributed by atoms with Crippen LogP contribution in [0.15, 0.2) is 78.9 Å². The summed E-state index contributed by atoms with van der Waals surface area (Å²) in [6.07, 6.45) is -0.831. The SMILES string of the molecule is CC(Oc1ccc(-c2ccccc2)cc1)C(=O)Nc1ccccc1OC(F)F. The average molecular weight is 383 g/mol. The fourth-order valence-corrected chi connectivity index (χ4v) is 2.62. The first-order valence-electron chi connectivity index (χ1n) is 8.70. The lowest BCUT2D eigenvalue weighted by Crippen LogP contribution is -2.30. The number of hydrogen-bond acceptors (Lipinski definition) is 3. The van der Waals surface area contributed by atoms with Gasteiger partial charge in [0.05, 0.1) is 5.69 Å². The predicted molar refractivity (Wildman–Crippen MR) is 104 cm³/mol. The van der Waals surface area contributed by atoms with Crippen LogP contribution in [0.1, 0.15) is 6.92 Å². The summed E-state index contributed by atoms with van der Waals surface area (Å²) in [4.78, 5) is 12.4. The fourth-order valence-electron chi connectivity index (χ4n) is 2.62. The third-order valence-corrected chi connectivity index (χ3v) is 4.00. The molecule has 0 aliphatic heterocycles. The second-order valence-corrected chi connectivity index (χ2v) is 6.01. The van der Waals surface area contributed by atoms with Gasteiger partial charge in [0.25, 0.3) is 5.91 Å². The Bertz CT molecular complexity index is 915. The number of anilines is 1. The highest BCUT2D eigenvalue weighted by Crippen LogP contribution is 2.26. The molecule has 0 aromatic heterocycles. The standard InChI is InChI=1S/C22H19F2NO3/c1-15(21(26)25-19-9-5-6-10-20(19)28-22(23)24)27-18-13-11-17(12-14-18)16-7-3-2-4-8-16/h2-15,22H,1H3,(H,25,26). The number of rotatable bonds is 7. The number of para-hydroxylation sites is 2. The predicted octanol–water partition coefficient (Wildman–Crippen LogP) is 5.36.